The summed E-state index contributed by atoms with van der Waals surface area (Å²) in [5.41, 5.74) is 4.76. The fraction of sp³-hybridized carbons (Fsp3) is 0.375. The second kappa shape index (κ2) is 8.05. The topological polar surface area (TPSA) is 103 Å². The van der Waals surface area contributed by atoms with Crippen LogP contribution in [0.5, 0.6) is 0 Å². The predicted octanol–water partition coefficient (Wildman–Crippen LogP) is 3.11. The van der Waals surface area contributed by atoms with Gasteiger partial charge < -0.3 is 15.4 Å². The van der Waals surface area contributed by atoms with E-state index in [-0.39, 0.29) is 18.6 Å². The maximum absolute atomic E-state index is 12.6. The van der Waals surface area contributed by atoms with Crippen LogP contribution in [0.4, 0.5) is 10.5 Å². The Morgan fingerprint density at radius 3 is 2.71 bits per heavy atom. The third-order valence-corrected chi connectivity index (χ3v) is 6.54. The SMILES string of the molecule is N#C[C@H](Cc1ccc(-c2ccc3c(c2)COC(=O)N3)cc1)NC(=O)[C@H]1N[C@@H]2CC[C@H]1C2. The summed E-state index contributed by atoms with van der Waals surface area (Å²) < 4.78 is 5.04. The summed E-state index contributed by atoms with van der Waals surface area (Å²) >= 11 is 0. The Hall–Kier alpha value is -3.37. The predicted molar refractivity (Wildman–Crippen MR) is 115 cm³/mol. The van der Waals surface area contributed by atoms with Gasteiger partial charge in [-0.2, -0.15) is 5.26 Å². The normalized spacial score (nSPS) is 24.5. The maximum Gasteiger partial charge on any atom is 0.411 e. The zero-order valence-corrected chi connectivity index (χ0v) is 17.1. The summed E-state index contributed by atoms with van der Waals surface area (Å²) in [4.78, 5) is 23.9. The molecular weight excluding hydrogens is 392 g/mol. The van der Waals surface area contributed by atoms with Crippen LogP contribution in [0, 0.1) is 17.2 Å². The van der Waals surface area contributed by atoms with Gasteiger partial charge in [0.1, 0.15) is 12.6 Å². The van der Waals surface area contributed by atoms with Crippen molar-refractivity contribution in [1.29, 1.82) is 5.26 Å². The summed E-state index contributed by atoms with van der Waals surface area (Å²) in [6.45, 7) is 0.258. The van der Waals surface area contributed by atoms with Crippen molar-refractivity contribution >= 4 is 17.7 Å². The molecule has 1 saturated carbocycles. The van der Waals surface area contributed by atoms with Crippen LogP contribution in [-0.2, 0) is 22.6 Å². The van der Waals surface area contributed by atoms with E-state index < -0.39 is 12.1 Å². The van der Waals surface area contributed by atoms with Crippen molar-refractivity contribution in [3.8, 4) is 17.2 Å². The molecule has 5 rings (SSSR count). The molecule has 7 heteroatoms. The van der Waals surface area contributed by atoms with Gasteiger partial charge in [-0.05, 0) is 54.0 Å². The molecule has 158 valence electrons. The van der Waals surface area contributed by atoms with Gasteiger partial charge in [-0.15, -0.1) is 0 Å². The number of hydrogen-bond acceptors (Lipinski definition) is 5. The molecule has 0 radical (unpaired) electrons. The van der Waals surface area contributed by atoms with Crippen molar-refractivity contribution < 1.29 is 14.3 Å². The first-order chi connectivity index (χ1) is 15.1. The van der Waals surface area contributed by atoms with Crippen LogP contribution in [-0.4, -0.2) is 30.1 Å². The van der Waals surface area contributed by atoms with E-state index in [0.29, 0.717) is 18.4 Å². The molecule has 2 bridgehead atoms. The molecule has 7 nitrogen and oxygen atoms in total. The van der Waals surface area contributed by atoms with E-state index in [2.05, 4.69) is 22.0 Å². The Kier molecular flexibility index (Phi) is 5.08. The molecule has 2 fully saturated rings. The first kappa shape index (κ1) is 19.6. The summed E-state index contributed by atoms with van der Waals surface area (Å²) in [5, 5.41) is 18.5. The zero-order valence-electron chi connectivity index (χ0n) is 17.1. The van der Waals surface area contributed by atoms with Crippen LogP contribution in [0.25, 0.3) is 11.1 Å². The highest BCUT2D eigenvalue weighted by Gasteiger charge is 2.43. The van der Waals surface area contributed by atoms with Gasteiger partial charge in [0.15, 0.2) is 0 Å². The number of benzene rings is 2. The van der Waals surface area contributed by atoms with Gasteiger partial charge in [0.05, 0.1) is 17.8 Å². The lowest BCUT2D eigenvalue weighted by Crippen LogP contribution is -2.50. The Morgan fingerprint density at radius 2 is 2.00 bits per heavy atom. The van der Waals surface area contributed by atoms with Crippen molar-refractivity contribution in [2.45, 2.75) is 50.4 Å². The molecule has 0 aromatic heterocycles. The van der Waals surface area contributed by atoms with E-state index in [1.807, 2.05) is 42.5 Å². The number of anilines is 1. The standard InChI is InChI=1S/C24H24N4O3/c25-12-20(27-23(29)22-17-5-7-19(11-17)26-22)9-14-1-3-15(4-2-14)16-6-8-21-18(10-16)13-31-24(30)28-21/h1-4,6,8,10,17,19-20,22,26H,5,7,9,11,13H2,(H,27,29)(H,28,30)/t17-,19+,20-,22-/m0/s1. The van der Waals surface area contributed by atoms with Gasteiger partial charge >= 0.3 is 6.09 Å². The summed E-state index contributed by atoms with van der Waals surface area (Å²) in [5.74, 6) is 0.345. The van der Waals surface area contributed by atoms with Crippen molar-refractivity contribution in [3.05, 3.63) is 53.6 Å². The second-order valence-electron chi connectivity index (χ2n) is 8.58. The zero-order chi connectivity index (χ0) is 21.4. The Morgan fingerprint density at radius 1 is 1.19 bits per heavy atom. The van der Waals surface area contributed by atoms with Crippen LogP contribution in [0.1, 0.15) is 30.4 Å². The number of nitriles is 1. The molecule has 4 atom stereocenters. The number of hydrogen-bond donors (Lipinski definition) is 3. The third-order valence-electron chi connectivity index (χ3n) is 6.54. The molecule has 3 N–H and O–H groups in total. The molecule has 2 heterocycles. The summed E-state index contributed by atoms with van der Waals surface area (Å²) in [6, 6.07) is 15.8. The number of fused-ring (bicyclic) bond motifs is 3. The maximum atomic E-state index is 12.6. The highest BCUT2D eigenvalue weighted by Crippen LogP contribution is 2.35. The quantitative estimate of drug-likeness (QED) is 0.695. The number of rotatable bonds is 5. The van der Waals surface area contributed by atoms with E-state index >= 15 is 0 Å². The number of amides is 2. The number of ether oxygens (including phenoxy) is 1. The van der Waals surface area contributed by atoms with E-state index in [1.54, 1.807) is 0 Å². The summed E-state index contributed by atoms with van der Waals surface area (Å²) in [6.07, 6.45) is 3.34. The van der Waals surface area contributed by atoms with Crippen LogP contribution in [0.3, 0.4) is 0 Å². The number of carbonyl (C=O) groups excluding carboxylic acids is 2. The minimum Gasteiger partial charge on any atom is -0.444 e. The third kappa shape index (κ3) is 3.99. The lowest BCUT2D eigenvalue weighted by atomic mass is 9.97. The van der Waals surface area contributed by atoms with Gasteiger partial charge in [-0.1, -0.05) is 30.3 Å². The van der Waals surface area contributed by atoms with Crippen LogP contribution in [0.2, 0.25) is 0 Å². The minimum absolute atomic E-state index is 0.0567. The molecule has 31 heavy (non-hydrogen) atoms. The average molecular weight is 416 g/mol. The highest BCUT2D eigenvalue weighted by molar-refractivity contribution is 5.88. The molecular formula is C24H24N4O3. The summed E-state index contributed by atoms with van der Waals surface area (Å²) in [7, 11) is 0. The smallest absolute Gasteiger partial charge is 0.411 e. The van der Waals surface area contributed by atoms with Gasteiger partial charge in [0, 0.05) is 18.0 Å². The monoisotopic (exact) mass is 416 g/mol. The van der Waals surface area contributed by atoms with E-state index in [4.69, 9.17) is 4.74 Å². The lowest BCUT2D eigenvalue weighted by Gasteiger charge is -2.23. The average Bonchev–Trinajstić information content (AvgIpc) is 3.42. The Bertz CT molecular complexity index is 1060. The molecule has 0 spiro atoms. The fourth-order valence-corrected chi connectivity index (χ4v) is 4.91. The van der Waals surface area contributed by atoms with Crippen molar-refractivity contribution in [2.24, 2.45) is 5.92 Å². The molecule has 3 aliphatic rings. The fourth-order valence-electron chi connectivity index (χ4n) is 4.91. The number of piperidine rings is 1. The minimum atomic E-state index is -0.552. The molecule has 1 saturated heterocycles. The van der Waals surface area contributed by atoms with Crippen LogP contribution < -0.4 is 16.0 Å². The van der Waals surface area contributed by atoms with Gasteiger partial charge in [0.25, 0.3) is 0 Å². The first-order valence-electron chi connectivity index (χ1n) is 10.7. The van der Waals surface area contributed by atoms with E-state index in [9.17, 15) is 14.9 Å². The van der Waals surface area contributed by atoms with E-state index in [1.165, 1.54) is 0 Å². The molecule has 0 unspecified atom stereocenters. The molecule has 2 aromatic carbocycles. The first-order valence-corrected chi connectivity index (χ1v) is 10.7. The largest absolute Gasteiger partial charge is 0.444 e. The molecule has 2 aliphatic heterocycles. The highest BCUT2D eigenvalue weighted by atomic mass is 16.5. The van der Waals surface area contributed by atoms with E-state index in [0.717, 1.165) is 47.2 Å². The van der Waals surface area contributed by atoms with Crippen molar-refractivity contribution in [2.75, 3.05) is 5.32 Å². The van der Waals surface area contributed by atoms with Gasteiger partial charge in [-0.3, -0.25) is 10.1 Å². The number of nitrogens with zero attached hydrogens (tertiary/aromatic N) is 1. The van der Waals surface area contributed by atoms with Crippen LogP contribution >= 0.6 is 0 Å². The van der Waals surface area contributed by atoms with Crippen LogP contribution in [0.15, 0.2) is 42.5 Å². The number of nitrogens with one attached hydrogen (secondary N) is 3. The number of cyclic esters (lactones) is 1. The lowest BCUT2D eigenvalue weighted by molar-refractivity contribution is -0.124. The Balaban J connectivity index is 1.23. The molecule has 2 aromatic rings. The van der Waals surface area contributed by atoms with Gasteiger partial charge in [0.2, 0.25) is 5.91 Å². The van der Waals surface area contributed by atoms with Crippen molar-refractivity contribution in [1.82, 2.24) is 10.6 Å². The van der Waals surface area contributed by atoms with Crippen molar-refractivity contribution in [3.63, 3.8) is 0 Å². The Labute approximate surface area is 180 Å². The number of carbonyl (C=O) groups is 2. The molecule has 1 aliphatic carbocycles. The molecule has 2 amide bonds. The second-order valence-corrected chi connectivity index (χ2v) is 8.58. The van der Waals surface area contributed by atoms with Gasteiger partial charge in [-0.25, -0.2) is 4.79 Å².